The Bertz CT molecular complexity index is 1240. The Morgan fingerprint density at radius 3 is 1.88 bits per heavy atom. The van der Waals surface area contributed by atoms with Gasteiger partial charge in [-0.05, 0) is 53.0 Å². The van der Waals surface area contributed by atoms with E-state index in [1.165, 1.54) is 0 Å². The van der Waals surface area contributed by atoms with Gasteiger partial charge in [0, 0.05) is 27.1 Å². The van der Waals surface area contributed by atoms with Crippen LogP contribution in [0.4, 0.5) is 0 Å². The topological polar surface area (TPSA) is 66.6 Å². The van der Waals surface area contributed by atoms with Crippen molar-refractivity contribution in [3.8, 4) is 5.69 Å². The van der Waals surface area contributed by atoms with Gasteiger partial charge in [0.25, 0.3) is 5.91 Å². The smallest absolute Gasteiger partial charge is 0.281 e. The Labute approximate surface area is 201 Å². The van der Waals surface area contributed by atoms with Gasteiger partial charge in [-0.15, -0.1) is 0 Å². The molecule has 166 valence electrons. The summed E-state index contributed by atoms with van der Waals surface area (Å²) in [5.41, 5.74) is 5.48. The third kappa shape index (κ3) is 4.27. The number of aromatic nitrogens is 1. The van der Waals surface area contributed by atoms with Crippen molar-refractivity contribution in [2.45, 2.75) is 19.4 Å². The summed E-state index contributed by atoms with van der Waals surface area (Å²) in [6.07, 6.45) is 1.60. The first kappa shape index (κ1) is 22.7. The molecule has 0 spiro atoms. The molecular formula is C27H24BrN3O2. The fraction of sp³-hybridized carbons (Fsp3) is 0.111. The van der Waals surface area contributed by atoms with Gasteiger partial charge >= 0.3 is 0 Å². The predicted molar refractivity (Wildman–Crippen MR) is 135 cm³/mol. The molecule has 1 aromatic heterocycles. The number of nitrogens with one attached hydrogen (secondary N) is 1. The fourth-order valence-electron chi connectivity index (χ4n) is 3.96. The van der Waals surface area contributed by atoms with Crippen LogP contribution in [-0.2, 0) is 10.4 Å². The van der Waals surface area contributed by atoms with E-state index < -0.39 is 11.5 Å². The molecular weight excluding hydrogens is 478 g/mol. The molecule has 0 saturated heterocycles. The first-order chi connectivity index (χ1) is 15.9. The molecule has 0 aliphatic rings. The predicted octanol–water partition coefficient (Wildman–Crippen LogP) is 5.24. The van der Waals surface area contributed by atoms with Crippen LogP contribution in [-0.4, -0.2) is 21.8 Å². The van der Waals surface area contributed by atoms with Crippen LogP contribution in [0.25, 0.3) is 5.69 Å². The third-order valence-electron chi connectivity index (χ3n) is 5.70. The molecule has 0 fully saturated rings. The summed E-state index contributed by atoms with van der Waals surface area (Å²) in [6.45, 7) is 4.02. The number of carbonyl (C=O) groups is 1. The minimum atomic E-state index is -1.88. The normalized spacial score (nSPS) is 11.6. The Kier molecular flexibility index (Phi) is 6.58. The second kappa shape index (κ2) is 9.57. The number of halogens is 1. The monoisotopic (exact) mass is 501 g/mol. The highest BCUT2D eigenvalue weighted by Crippen LogP contribution is 2.31. The van der Waals surface area contributed by atoms with Crippen LogP contribution in [0.2, 0.25) is 0 Å². The molecule has 0 aliphatic heterocycles. The Morgan fingerprint density at radius 2 is 1.36 bits per heavy atom. The fourth-order valence-corrected chi connectivity index (χ4v) is 4.53. The molecule has 1 heterocycles. The summed E-state index contributed by atoms with van der Waals surface area (Å²) in [4.78, 5) is 13.2. The van der Waals surface area contributed by atoms with Crippen molar-refractivity contribution in [3.05, 3.63) is 124 Å². The Balaban J connectivity index is 1.65. The molecule has 1 amide bonds. The molecule has 0 aliphatic carbocycles. The molecule has 0 bridgehead atoms. The van der Waals surface area contributed by atoms with Crippen LogP contribution >= 0.6 is 15.9 Å². The number of hydrogen-bond acceptors (Lipinski definition) is 3. The van der Waals surface area contributed by atoms with E-state index in [-0.39, 0.29) is 0 Å². The summed E-state index contributed by atoms with van der Waals surface area (Å²) in [6, 6.07) is 27.7. The van der Waals surface area contributed by atoms with Gasteiger partial charge < -0.3 is 9.67 Å². The molecule has 4 aromatic rings. The van der Waals surface area contributed by atoms with E-state index in [4.69, 9.17) is 0 Å². The van der Waals surface area contributed by atoms with Crippen molar-refractivity contribution < 1.29 is 9.90 Å². The molecule has 3 aromatic carbocycles. The lowest BCUT2D eigenvalue weighted by molar-refractivity contribution is -0.136. The maximum atomic E-state index is 13.2. The number of para-hydroxylation sites is 1. The Morgan fingerprint density at radius 1 is 0.879 bits per heavy atom. The average Bonchev–Trinajstić information content (AvgIpc) is 3.08. The maximum Gasteiger partial charge on any atom is 0.281 e. The quantitative estimate of drug-likeness (QED) is 0.280. The molecule has 4 rings (SSSR count). The SMILES string of the molecule is Cc1c(Br)c(/C=N\NC(=O)C(O)(c2ccccc2)c2ccccc2)c(C)n1-c1ccccc1. The number of rotatable bonds is 6. The number of nitrogens with zero attached hydrogens (tertiary/aromatic N) is 2. The molecule has 6 heteroatoms. The van der Waals surface area contributed by atoms with Crippen LogP contribution < -0.4 is 5.43 Å². The minimum Gasteiger partial charge on any atom is -0.372 e. The van der Waals surface area contributed by atoms with E-state index >= 15 is 0 Å². The average molecular weight is 502 g/mol. The highest BCUT2D eigenvalue weighted by Gasteiger charge is 2.39. The summed E-state index contributed by atoms with van der Waals surface area (Å²) < 4.78 is 3.01. The van der Waals surface area contributed by atoms with E-state index in [0.29, 0.717) is 11.1 Å². The number of benzene rings is 3. The van der Waals surface area contributed by atoms with Gasteiger partial charge in [0.05, 0.1) is 6.21 Å². The van der Waals surface area contributed by atoms with Crippen LogP contribution in [0, 0.1) is 13.8 Å². The molecule has 0 saturated carbocycles. The largest absolute Gasteiger partial charge is 0.372 e. The lowest BCUT2D eigenvalue weighted by Crippen LogP contribution is -2.43. The summed E-state index contributed by atoms with van der Waals surface area (Å²) in [5, 5.41) is 15.7. The van der Waals surface area contributed by atoms with Gasteiger partial charge in [0.2, 0.25) is 0 Å². The highest BCUT2D eigenvalue weighted by atomic mass is 79.9. The van der Waals surface area contributed by atoms with Crippen LogP contribution in [0.1, 0.15) is 28.1 Å². The first-order valence-electron chi connectivity index (χ1n) is 10.5. The van der Waals surface area contributed by atoms with E-state index in [0.717, 1.165) is 27.1 Å². The van der Waals surface area contributed by atoms with Gasteiger partial charge in [-0.25, -0.2) is 5.43 Å². The number of amides is 1. The molecule has 0 unspecified atom stereocenters. The first-order valence-corrected chi connectivity index (χ1v) is 11.3. The zero-order chi connectivity index (χ0) is 23.4. The zero-order valence-electron chi connectivity index (χ0n) is 18.4. The molecule has 5 nitrogen and oxygen atoms in total. The van der Waals surface area contributed by atoms with Gasteiger partial charge in [-0.1, -0.05) is 78.9 Å². The van der Waals surface area contributed by atoms with E-state index in [1.807, 2.05) is 56.3 Å². The lowest BCUT2D eigenvalue weighted by atomic mass is 9.85. The van der Waals surface area contributed by atoms with Gasteiger partial charge in [-0.3, -0.25) is 4.79 Å². The minimum absolute atomic E-state index is 0.465. The van der Waals surface area contributed by atoms with Gasteiger partial charge in [0.15, 0.2) is 5.60 Å². The molecule has 0 atom stereocenters. The van der Waals surface area contributed by atoms with Crippen molar-refractivity contribution in [3.63, 3.8) is 0 Å². The standard InChI is InChI=1S/C27H24BrN3O2/c1-19-24(25(28)20(2)31(19)23-16-10-5-11-17-23)18-29-30-26(32)27(33,21-12-6-3-7-13-21)22-14-8-4-9-15-22/h3-18,33H,1-2H3,(H,30,32)/b29-18-. The Hall–Kier alpha value is -3.48. The molecule has 33 heavy (non-hydrogen) atoms. The maximum absolute atomic E-state index is 13.2. The zero-order valence-corrected chi connectivity index (χ0v) is 20.0. The molecule has 2 N–H and O–H groups in total. The summed E-state index contributed by atoms with van der Waals surface area (Å²) in [5.74, 6) is -0.635. The van der Waals surface area contributed by atoms with Gasteiger partial charge in [0.1, 0.15) is 0 Å². The van der Waals surface area contributed by atoms with Crippen molar-refractivity contribution in [1.29, 1.82) is 0 Å². The highest BCUT2D eigenvalue weighted by molar-refractivity contribution is 9.10. The second-order valence-electron chi connectivity index (χ2n) is 7.71. The summed E-state index contributed by atoms with van der Waals surface area (Å²) in [7, 11) is 0. The van der Waals surface area contributed by atoms with Crippen molar-refractivity contribution >= 4 is 28.1 Å². The van der Waals surface area contributed by atoms with E-state index in [1.54, 1.807) is 54.7 Å². The van der Waals surface area contributed by atoms with Crippen molar-refractivity contribution in [1.82, 2.24) is 9.99 Å². The van der Waals surface area contributed by atoms with Crippen LogP contribution in [0.3, 0.4) is 0 Å². The van der Waals surface area contributed by atoms with Crippen LogP contribution in [0.5, 0.6) is 0 Å². The number of hydrazone groups is 1. The number of hydrogen-bond donors (Lipinski definition) is 2. The second-order valence-corrected chi connectivity index (χ2v) is 8.50. The summed E-state index contributed by atoms with van der Waals surface area (Å²) >= 11 is 3.66. The number of aliphatic hydroxyl groups is 1. The molecule has 0 radical (unpaired) electrons. The van der Waals surface area contributed by atoms with Crippen LogP contribution in [0.15, 0.2) is 101 Å². The number of carbonyl (C=O) groups excluding carboxylic acids is 1. The van der Waals surface area contributed by atoms with E-state index in [2.05, 4.69) is 31.0 Å². The van der Waals surface area contributed by atoms with Gasteiger partial charge in [-0.2, -0.15) is 5.10 Å². The van der Waals surface area contributed by atoms with Crippen molar-refractivity contribution in [2.75, 3.05) is 0 Å². The lowest BCUT2D eigenvalue weighted by Gasteiger charge is -2.27. The van der Waals surface area contributed by atoms with Crippen molar-refractivity contribution in [2.24, 2.45) is 5.10 Å². The van der Waals surface area contributed by atoms with E-state index in [9.17, 15) is 9.90 Å². The third-order valence-corrected chi connectivity index (χ3v) is 6.70.